The van der Waals surface area contributed by atoms with Crippen molar-refractivity contribution in [3.8, 4) is 0 Å². The number of nitrogens with zero attached hydrogens (tertiary/aromatic N) is 1. The van der Waals surface area contributed by atoms with Gasteiger partial charge >= 0.3 is 0 Å². The Labute approximate surface area is 147 Å². The Morgan fingerprint density at radius 3 is 2.44 bits per heavy atom. The molecule has 1 saturated heterocycles. The molecule has 25 heavy (non-hydrogen) atoms. The molecule has 140 valence electrons. The van der Waals surface area contributed by atoms with E-state index in [1.165, 1.54) is 32.4 Å². The lowest BCUT2D eigenvalue weighted by Gasteiger charge is -2.18. The molecule has 0 aliphatic carbocycles. The Morgan fingerprint density at radius 1 is 1.28 bits per heavy atom. The van der Waals surface area contributed by atoms with Crippen molar-refractivity contribution < 1.29 is 31.1 Å². The van der Waals surface area contributed by atoms with E-state index in [1.54, 1.807) is 6.92 Å². The molecule has 0 aromatic heterocycles. The van der Waals surface area contributed by atoms with Crippen LogP contribution in [-0.2, 0) is 34.3 Å². The summed E-state index contributed by atoms with van der Waals surface area (Å²) >= 11 is 0. The van der Waals surface area contributed by atoms with Gasteiger partial charge in [-0.2, -0.15) is 0 Å². The molecule has 1 amide bonds. The number of carbonyl (C=O) groups is 1. The Balaban J connectivity index is 2.38. The number of aryl methyl sites for hydroxylation is 1. The largest absolute Gasteiger partial charge is 0.355 e. The Hall–Kier alpha value is -1.53. The summed E-state index contributed by atoms with van der Waals surface area (Å²) in [5, 5.41) is 0. The van der Waals surface area contributed by atoms with Gasteiger partial charge in [0, 0.05) is 20.6 Å². The molecule has 0 radical (unpaired) electrons. The molecule has 1 aromatic carbocycles. The average molecular weight is 392 g/mol. The summed E-state index contributed by atoms with van der Waals surface area (Å²) in [4.78, 5) is 11.8. The summed E-state index contributed by atoms with van der Waals surface area (Å²) in [5.74, 6) is -0.873. The minimum absolute atomic E-state index is 0.00325. The van der Waals surface area contributed by atoms with Crippen molar-refractivity contribution in [2.24, 2.45) is 0 Å². The molecule has 0 atom stereocenters. The second kappa shape index (κ2) is 7.38. The standard InChI is InChI=1S/C14H20N2O7S2/c1-10-4-5-11(16-13(17)6-7-24(16,18)19)8-12(10)25(20,21)15-9-14(22-2)23-3/h4-5,8,14-15H,6-7,9H2,1-3H3. The molecule has 11 heteroatoms. The van der Waals surface area contributed by atoms with E-state index in [1.807, 2.05) is 0 Å². The van der Waals surface area contributed by atoms with Crippen molar-refractivity contribution >= 4 is 31.6 Å². The number of ether oxygens (including phenoxy) is 2. The molecule has 1 heterocycles. The molecule has 9 nitrogen and oxygen atoms in total. The van der Waals surface area contributed by atoms with Crippen LogP contribution >= 0.6 is 0 Å². The number of nitrogens with one attached hydrogen (secondary N) is 1. The van der Waals surface area contributed by atoms with Crippen molar-refractivity contribution in [3.63, 3.8) is 0 Å². The van der Waals surface area contributed by atoms with Crippen molar-refractivity contribution in [2.75, 3.05) is 30.8 Å². The highest BCUT2D eigenvalue weighted by Gasteiger charge is 2.37. The highest BCUT2D eigenvalue weighted by atomic mass is 32.2. The van der Waals surface area contributed by atoms with E-state index in [0.717, 1.165) is 0 Å². The summed E-state index contributed by atoms with van der Waals surface area (Å²) in [6.07, 6.45) is -0.890. The van der Waals surface area contributed by atoms with Gasteiger partial charge in [-0.25, -0.2) is 25.9 Å². The molecule has 2 rings (SSSR count). The SMILES string of the molecule is COC(CNS(=O)(=O)c1cc(N2C(=O)CCS2(=O)=O)ccc1C)OC. The zero-order valence-corrected chi connectivity index (χ0v) is 15.7. The first-order chi connectivity index (χ1) is 11.6. The first kappa shape index (κ1) is 19.8. The van der Waals surface area contributed by atoms with Crippen LogP contribution in [0.1, 0.15) is 12.0 Å². The molecular formula is C14H20N2O7S2. The maximum Gasteiger partial charge on any atom is 0.242 e. The summed E-state index contributed by atoms with van der Waals surface area (Å²) < 4.78 is 61.9. The molecule has 1 aliphatic heterocycles. The fourth-order valence-corrected chi connectivity index (χ4v) is 5.12. The van der Waals surface area contributed by atoms with Crippen LogP contribution in [0.15, 0.2) is 23.1 Å². The number of hydrogen-bond acceptors (Lipinski definition) is 7. The van der Waals surface area contributed by atoms with Crippen LogP contribution in [0.3, 0.4) is 0 Å². The predicted octanol–water partition coefficient (Wildman–Crippen LogP) is -0.0413. The van der Waals surface area contributed by atoms with E-state index in [4.69, 9.17) is 9.47 Å². The van der Waals surface area contributed by atoms with Gasteiger partial charge in [0.25, 0.3) is 0 Å². The lowest BCUT2D eigenvalue weighted by atomic mass is 10.2. The maximum absolute atomic E-state index is 12.5. The lowest BCUT2D eigenvalue weighted by Crippen LogP contribution is -2.35. The van der Waals surface area contributed by atoms with Crippen LogP contribution in [-0.4, -0.2) is 55.6 Å². The Bertz CT molecular complexity index is 861. The fourth-order valence-electron chi connectivity index (χ4n) is 2.39. The quantitative estimate of drug-likeness (QED) is 0.647. The number of anilines is 1. The van der Waals surface area contributed by atoms with Crippen molar-refractivity contribution in [1.29, 1.82) is 0 Å². The minimum Gasteiger partial charge on any atom is -0.355 e. The molecular weight excluding hydrogens is 372 g/mol. The third-order valence-electron chi connectivity index (χ3n) is 3.74. The van der Waals surface area contributed by atoms with Gasteiger partial charge in [-0.15, -0.1) is 0 Å². The topological polar surface area (TPSA) is 119 Å². The molecule has 1 N–H and O–H groups in total. The fraction of sp³-hybridized carbons (Fsp3) is 0.500. The van der Waals surface area contributed by atoms with Gasteiger partial charge in [0.05, 0.1) is 22.9 Å². The number of hydrogen-bond donors (Lipinski definition) is 1. The Kier molecular flexibility index (Phi) is 5.84. The lowest BCUT2D eigenvalue weighted by molar-refractivity contribution is -0.116. The smallest absolute Gasteiger partial charge is 0.242 e. The highest BCUT2D eigenvalue weighted by molar-refractivity contribution is 7.94. The normalized spacial score (nSPS) is 17.4. The van der Waals surface area contributed by atoms with E-state index in [-0.39, 0.29) is 29.3 Å². The number of sulfonamides is 2. The first-order valence-electron chi connectivity index (χ1n) is 7.34. The number of benzene rings is 1. The van der Waals surface area contributed by atoms with Gasteiger partial charge in [-0.3, -0.25) is 4.79 Å². The molecule has 1 aliphatic rings. The van der Waals surface area contributed by atoms with Gasteiger partial charge < -0.3 is 9.47 Å². The van der Waals surface area contributed by atoms with Crippen LogP contribution in [0.25, 0.3) is 0 Å². The first-order valence-corrected chi connectivity index (χ1v) is 10.4. The van der Waals surface area contributed by atoms with Crippen LogP contribution in [0, 0.1) is 6.92 Å². The van der Waals surface area contributed by atoms with Crippen molar-refractivity contribution in [1.82, 2.24) is 4.72 Å². The van der Waals surface area contributed by atoms with Crippen molar-refractivity contribution in [3.05, 3.63) is 23.8 Å². The van der Waals surface area contributed by atoms with E-state index in [9.17, 15) is 21.6 Å². The zero-order chi connectivity index (χ0) is 18.8. The van der Waals surface area contributed by atoms with Gasteiger partial charge in [-0.05, 0) is 24.6 Å². The van der Waals surface area contributed by atoms with Crippen LogP contribution < -0.4 is 9.03 Å². The van der Waals surface area contributed by atoms with E-state index >= 15 is 0 Å². The molecule has 1 fully saturated rings. The minimum atomic E-state index is -3.96. The molecule has 1 aromatic rings. The predicted molar refractivity (Wildman–Crippen MR) is 90.1 cm³/mol. The maximum atomic E-state index is 12.5. The number of carbonyl (C=O) groups excluding carboxylic acids is 1. The second-order valence-corrected chi connectivity index (χ2v) is 9.10. The van der Waals surface area contributed by atoms with Crippen LogP contribution in [0.4, 0.5) is 5.69 Å². The number of amides is 1. The average Bonchev–Trinajstić information content (AvgIpc) is 2.82. The molecule has 0 unspecified atom stereocenters. The third-order valence-corrected chi connectivity index (χ3v) is 7.00. The second-order valence-electron chi connectivity index (χ2n) is 5.43. The number of methoxy groups -OCH3 is 2. The summed E-state index contributed by atoms with van der Waals surface area (Å²) in [6, 6.07) is 4.03. The van der Waals surface area contributed by atoms with Gasteiger partial charge in [0.15, 0.2) is 6.29 Å². The van der Waals surface area contributed by atoms with Gasteiger partial charge in [0.1, 0.15) is 0 Å². The molecule has 0 spiro atoms. The summed E-state index contributed by atoms with van der Waals surface area (Å²) in [6.45, 7) is 1.45. The van der Waals surface area contributed by atoms with Gasteiger partial charge in [-0.1, -0.05) is 6.07 Å². The van der Waals surface area contributed by atoms with E-state index in [0.29, 0.717) is 9.87 Å². The monoisotopic (exact) mass is 392 g/mol. The highest BCUT2D eigenvalue weighted by Crippen LogP contribution is 2.28. The Morgan fingerprint density at radius 2 is 1.92 bits per heavy atom. The van der Waals surface area contributed by atoms with Crippen molar-refractivity contribution in [2.45, 2.75) is 24.5 Å². The summed E-state index contributed by atoms with van der Waals surface area (Å²) in [5.41, 5.74) is 0.412. The molecule has 0 saturated carbocycles. The van der Waals surface area contributed by atoms with Crippen LogP contribution in [0.2, 0.25) is 0 Å². The van der Waals surface area contributed by atoms with Crippen LogP contribution in [0.5, 0.6) is 0 Å². The van der Waals surface area contributed by atoms with E-state index < -0.39 is 32.2 Å². The molecule has 0 bridgehead atoms. The van der Waals surface area contributed by atoms with Gasteiger partial charge in [0.2, 0.25) is 26.0 Å². The number of rotatable bonds is 7. The third kappa shape index (κ3) is 4.18. The zero-order valence-electron chi connectivity index (χ0n) is 14.1. The summed E-state index contributed by atoms with van der Waals surface area (Å²) in [7, 11) is -4.98. The van der Waals surface area contributed by atoms with E-state index in [2.05, 4.69) is 4.72 Å².